The number of aryl methyl sites for hydroxylation is 2. The van der Waals surface area contributed by atoms with Crippen LogP contribution >= 0.6 is 0 Å². The zero-order chi connectivity index (χ0) is 47.8. The second-order valence-electron chi connectivity index (χ2n) is 16.5. The van der Waals surface area contributed by atoms with Crippen LogP contribution in [0.4, 0.5) is 8.78 Å². The summed E-state index contributed by atoms with van der Waals surface area (Å²) in [6, 6.07) is 42.5. The molecule has 10 heteroatoms. The summed E-state index contributed by atoms with van der Waals surface area (Å²) in [4.78, 5) is 51.8. The number of unbranched alkanes of at least 4 members (excludes halogenated alkanes) is 6. The minimum Gasteiger partial charge on any atom is -0.423 e. The molecule has 8 nitrogen and oxygen atoms in total. The van der Waals surface area contributed by atoms with Crippen LogP contribution in [-0.2, 0) is 12.8 Å². The Kier molecular flexibility index (Phi) is 16.8. The summed E-state index contributed by atoms with van der Waals surface area (Å²) in [6.45, 7) is 4.39. The van der Waals surface area contributed by atoms with E-state index in [1.54, 1.807) is 24.3 Å². The second kappa shape index (κ2) is 23.6. The van der Waals surface area contributed by atoms with Crippen LogP contribution in [0.5, 0.6) is 23.0 Å². The normalized spacial score (nSPS) is 10.9. The van der Waals surface area contributed by atoms with E-state index in [2.05, 4.69) is 62.4 Å². The average Bonchev–Trinajstić information content (AvgIpc) is 3.35. The standard InChI is InChI=1S/C58H52F2O8/c1-3-5-7-9-12-39-16-20-41(21-17-39)43-24-28-45(29-25-43)55(61)65-49-32-34-51(53(59)37-49)57(63)67-47-14-11-15-48(36-47)68-58(64)52-35-33-50(38-54(52)60)66-56(62)46-30-26-44(27-31-46)42-22-18-40(19-23-42)13-10-8-6-4-2/h11,14-38H,3-10,12-13H2,1-2H3. The van der Waals surface area contributed by atoms with E-state index in [1.807, 2.05) is 24.3 Å². The van der Waals surface area contributed by atoms with Crippen molar-refractivity contribution in [1.82, 2.24) is 0 Å². The molecule has 7 aromatic carbocycles. The van der Waals surface area contributed by atoms with E-state index < -0.39 is 46.6 Å². The Hall–Kier alpha value is -7.72. The van der Waals surface area contributed by atoms with Gasteiger partial charge in [0.05, 0.1) is 22.3 Å². The zero-order valence-electron chi connectivity index (χ0n) is 38.1. The van der Waals surface area contributed by atoms with Gasteiger partial charge in [-0.2, -0.15) is 0 Å². The number of benzene rings is 7. The molecule has 0 amide bonds. The fourth-order valence-electron chi connectivity index (χ4n) is 7.54. The number of hydrogen-bond acceptors (Lipinski definition) is 8. The third kappa shape index (κ3) is 13.2. The van der Waals surface area contributed by atoms with Crippen LogP contribution in [0.15, 0.2) is 158 Å². The molecular formula is C58H52F2O8. The molecule has 0 aliphatic heterocycles. The monoisotopic (exact) mass is 914 g/mol. The van der Waals surface area contributed by atoms with Gasteiger partial charge in [-0.1, -0.05) is 131 Å². The molecule has 0 heterocycles. The Morgan fingerprint density at radius 3 is 1.06 bits per heavy atom. The van der Waals surface area contributed by atoms with Gasteiger partial charge in [-0.15, -0.1) is 0 Å². The van der Waals surface area contributed by atoms with Gasteiger partial charge in [-0.05, 0) is 120 Å². The summed E-state index contributed by atoms with van der Waals surface area (Å²) < 4.78 is 51.9. The Morgan fingerprint density at radius 1 is 0.368 bits per heavy atom. The highest BCUT2D eigenvalue weighted by Crippen LogP contribution is 2.27. The van der Waals surface area contributed by atoms with Gasteiger partial charge in [-0.3, -0.25) is 0 Å². The van der Waals surface area contributed by atoms with Gasteiger partial charge in [0.1, 0.15) is 34.6 Å². The summed E-state index contributed by atoms with van der Waals surface area (Å²) >= 11 is 0. The Labute approximate surface area is 395 Å². The van der Waals surface area contributed by atoms with Crippen LogP contribution in [0, 0.1) is 11.6 Å². The lowest BCUT2D eigenvalue weighted by atomic mass is 10.0. The molecule has 0 saturated carbocycles. The molecule has 0 aromatic heterocycles. The van der Waals surface area contributed by atoms with Crippen molar-refractivity contribution in [2.75, 3.05) is 0 Å². The molecule has 0 fully saturated rings. The molecule has 0 spiro atoms. The zero-order valence-corrected chi connectivity index (χ0v) is 38.1. The summed E-state index contributed by atoms with van der Waals surface area (Å²) in [5.74, 6) is -6.00. The largest absolute Gasteiger partial charge is 0.423 e. The van der Waals surface area contributed by atoms with Crippen molar-refractivity contribution >= 4 is 23.9 Å². The first-order valence-electron chi connectivity index (χ1n) is 23.0. The lowest BCUT2D eigenvalue weighted by molar-refractivity contribution is 0.0720. The number of halogens is 2. The molecule has 68 heavy (non-hydrogen) atoms. The minimum absolute atomic E-state index is 0.0983. The van der Waals surface area contributed by atoms with Crippen molar-refractivity contribution in [2.45, 2.75) is 78.1 Å². The molecule has 0 N–H and O–H groups in total. The van der Waals surface area contributed by atoms with Gasteiger partial charge >= 0.3 is 23.9 Å². The third-order valence-electron chi connectivity index (χ3n) is 11.4. The maximum atomic E-state index is 15.2. The van der Waals surface area contributed by atoms with Crippen molar-refractivity contribution in [3.63, 3.8) is 0 Å². The highest BCUT2D eigenvalue weighted by molar-refractivity contribution is 5.94. The van der Waals surface area contributed by atoms with Crippen molar-refractivity contribution in [1.29, 1.82) is 0 Å². The van der Waals surface area contributed by atoms with E-state index in [4.69, 9.17) is 18.9 Å². The summed E-state index contributed by atoms with van der Waals surface area (Å²) in [5.41, 5.74) is 6.09. The predicted molar refractivity (Wildman–Crippen MR) is 259 cm³/mol. The second-order valence-corrected chi connectivity index (χ2v) is 16.5. The van der Waals surface area contributed by atoms with E-state index in [0.717, 1.165) is 72.2 Å². The molecule has 0 atom stereocenters. The summed E-state index contributed by atoms with van der Waals surface area (Å²) in [6.07, 6.45) is 11.7. The van der Waals surface area contributed by atoms with Gasteiger partial charge in [0.2, 0.25) is 0 Å². The van der Waals surface area contributed by atoms with Crippen LogP contribution in [0.25, 0.3) is 22.3 Å². The number of carbonyl (C=O) groups excluding carboxylic acids is 4. The fraction of sp³-hybridized carbons (Fsp3) is 0.207. The number of esters is 4. The van der Waals surface area contributed by atoms with Crippen LogP contribution in [0.3, 0.4) is 0 Å². The molecule has 0 saturated heterocycles. The first kappa shape index (κ1) is 48.2. The number of rotatable bonds is 20. The van der Waals surface area contributed by atoms with E-state index in [1.165, 1.54) is 86.1 Å². The quantitative estimate of drug-likeness (QED) is 0.0423. The Bertz CT molecular complexity index is 2640. The van der Waals surface area contributed by atoms with Gasteiger partial charge in [0.15, 0.2) is 0 Å². The maximum absolute atomic E-state index is 15.2. The molecule has 0 unspecified atom stereocenters. The van der Waals surface area contributed by atoms with Gasteiger partial charge in [0.25, 0.3) is 0 Å². The Morgan fingerprint density at radius 2 is 0.706 bits per heavy atom. The first-order chi connectivity index (χ1) is 33.1. The van der Waals surface area contributed by atoms with E-state index in [0.29, 0.717) is 0 Å². The first-order valence-corrected chi connectivity index (χ1v) is 23.0. The van der Waals surface area contributed by atoms with Crippen LogP contribution in [-0.4, -0.2) is 23.9 Å². The number of ether oxygens (including phenoxy) is 4. The smallest absolute Gasteiger partial charge is 0.346 e. The van der Waals surface area contributed by atoms with Crippen molar-refractivity contribution < 1.29 is 46.9 Å². The molecule has 346 valence electrons. The number of hydrogen-bond donors (Lipinski definition) is 0. The summed E-state index contributed by atoms with van der Waals surface area (Å²) in [7, 11) is 0. The highest BCUT2D eigenvalue weighted by Gasteiger charge is 2.20. The van der Waals surface area contributed by atoms with Crippen molar-refractivity contribution in [2.24, 2.45) is 0 Å². The fourth-order valence-corrected chi connectivity index (χ4v) is 7.54. The van der Waals surface area contributed by atoms with Crippen LogP contribution < -0.4 is 18.9 Å². The molecule has 0 bridgehead atoms. The van der Waals surface area contributed by atoms with Crippen molar-refractivity contribution in [3.05, 3.63) is 203 Å². The molecule has 0 radical (unpaired) electrons. The maximum Gasteiger partial charge on any atom is 0.346 e. The van der Waals surface area contributed by atoms with Gasteiger partial charge in [-0.25, -0.2) is 28.0 Å². The summed E-state index contributed by atoms with van der Waals surface area (Å²) in [5, 5.41) is 0. The van der Waals surface area contributed by atoms with Gasteiger partial charge < -0.3 is 18.9 Å². The third-order valence-corrected chi connectivity index (χ3v) is 11.4. The lowest BCUT2D eigenvalue weighted by Gasteiger charge is -2.10. The average molecular weight is 915 g/mol. The highest BCUT2D eigenvalue weighted by atomic mass is 19.1. The van der Waals surface area contributed by atoms with Gasteiger partial charge in [0, 0.05) is 18.2 Å². The number of carbonyl (C=O) groups is 4. The topological polar surface area (TPSA) is 105 Å². The van der Waals surface area contributed by atoms with E-state index >= 15 is 8.78 Å². The SMILES string of the molecule is CCCCCCc1ccc(-c2ccc(C(=O)Oc3ccc(C(=O)Oc4cccc(OC(=O)c5ccc(OC(=O)c6ccc(-c7ccc(CCCCCC)cc7)cc6)cc5F)c4)c(F)c3)cc2)cc1. The Balaban J connectivity index is 0.886. The predicted octanol–water partition coefficient (Wildman–Crippen LogP) is 14.4. The molecule has 0 aliphatic carbocycles. The van der Waals surface area contributed by atoms with E-state index in [9.17, 15) is 19.2 Å². The molecule has 7 rings (SSSR count). The van der Waals surface area contributed by atoms with E-state index in [-0.39, 0.29) is 34.1 Å². The molecular weight excluding hydrogens is 863 g/mol. The lowest BCUT2D eigenvalue weighted by Crippen LogP contribution is -2.13. The van der Waals surface area contributed by atoms with Crippen molar-refractivity contribution in [3.8, 4) is 45.3 Å². The molecule has 0 aliphatic rings. The minimum atomic E-state index is -1.07. The van der Waals surface area contributed by atoms with Crippen LogP contribution in [0.2, 0.25) is 0 Å². The van der Waals surface area contributed by atoms with Crippen LogP contribution in [0.1, 0.15) is 118 Å². The molecule has 7 aromatic rings.